The molecule has 1 fully saturated rings. The molecule has 1 aliphatic rings. The van der Waals surface area contributed by atoms with Crippen LogP contribution < -0.4 is 0 Å². The highest BCUT2D eigenvalue weighted by atomic mass is 79.9. The highest BCUT2D eigenvalue weighted by Crippen LogP contribution is 2.43. The van der Waals surface area contributed by atoms with Crippen LogP contribution in [0.5, 0.6) is 0 Å². The lowest BCUT2D eigenvalue weighted by molar-refractivity contribution is 0.491. The molecule has 0 unspecified atom stereocenters. The largest absolute Gasteiger partial charge is 0.234 e. The van der Waals surface area contributed by atoms with Gasteiger partial charge >= 0.3 is 0 Å². The summed E-state index contributed by atoms with van der Waals surface area (Å²) < 4.78 is 41.5. The van der Waals surface area contributed by atoms with Gasteiger partial charge in [-0.2, -0.15) is 5.10 Å². The summed E-state index contributed by atoms with van der Waals surface area (Å²) in [6.45, 7) is 0. The molecule has 100 valence electrons. The first-order valence-corrected chi connectivity index (χ1v) is 7.01. The zero-order valence-electron chi connectivity index (χ0n) is 9.84. The predicted molar refractivity (Wildman–Crippen MR) is 68.0 cm³/mol. The number of halogens is 4. The third-order valence-corrected chi connectivity index (χ3v) is 3.82. The average molecular weight is 331 g/mol. The molecule has 0 amide bonds. The Kier molecular flexibility index (Phi) is 3.12. The number of aromatic nitrogens is 2. The third-order valence-electron chi connectivity index (χ3n) is 3.21. The van der Waals surface area contributed by atoms with Gasteiger partial charge in [-0.3, -0.25) is 0 Å². The molecule has 0 radical (unpaired) electrons. The Labute approximate surface area is 116 Å². The van der Waals surface area contributed by atoms with E-state index in [1.54, 1.807) is 6.20 Å². The number of hydrogen-bond acceptors (Lipinski definition) is 1. The summed E-state index contributed by atoms with van der Waals surface area (Å²) >= 11 is 3.35. The van der Waals surface area contributed by atoms with Gasteiger partial charge < -0.3 is 0 Å². The van der Waals surface area contributed by atoms with Crippen molar-refractivity contribution in [2.75, 3.05) is 0 Å². The fourth-order valence-electron chi connectivity index (χ4n) is 2.15. The van der Waals surface area contributed by atoms with E-state index in [9.17, 15) is 13.2 Å². The van der Waals surface area contributed by atoms with Crippen LogP contribution in [0.3, 0.4) is 0 Å². The topological polar surface area (TPSA) is 17.8 Å². The van der Waals surface area contributed by atoms with Crippen molar-refractivity contribution < 1.29 is 13.2 Å². The molecule has 0 spiro atoms. The monoisotopic (exact) mass is 330 g/mol. The molecule has 2 nitrogen and oxygen atoms in total. The molecule has 19 heavy (non-hydrogen) atoms. The molecule has 2 aromatic rings. The van der Waals surface area contributed by atoms with Gasteiger partial charge in [0.05, 0.1) is 11.9 Å². The molecule has 0 aliphatic heterocycles. The quantitative estimate of drug-likeness (QED) is 0.613. The van der Waals surface area contributed by atoms with Crippen LogP contribution in [0.1, 0.15) is 30.0 Å². The molecular formula is C13H10BrF3N2. The molecular weight excluding hydrogens is 321 g/mol. The van der Waals surface area contributed by atoms with Crippen molar-refractivity contribution in [3.8, 4) is 5.69 Å². The average Bonchev–Trinajstić information content (AvgIpc) is 3.13. The van der Waals surface area contributed by atoms with Crippen LogP contribution >= 0.6 is 15.9 Å². The zero-order chi connectivity index (χ0) is 13.6. The zero-order valence-corrected chi connectivity index (χ0v) is 11.4. The van der Waals surface area contributed by atoms with Gasteiger partial charge in [0.25, 0.3) is 0 Å². The van der Waals surface area contributed by atoms with Crippen molar-refractivity contribution in [2.45, 2.75) is 24.1 Å². The maximum absolute atomic E-state index is 13.8. The summed E-state index contributed by atoms with van der Waals surface area (Å²) in [5, 5.41) is 4.71. The molecule has 1 aliphatic carbocycles. The van der Waals surface area contributed by atoms with E-state index in [1.165, 1.54) is 4.68 Å². The first-order valence-electron chi connectivity index (χ1n) is 5.89. The smallest absolute Gasteiger partial charge is 0.161 e. The minimum absolute atomic E-state index is 0.0481. The highest BCUT2D eigenvalue weighted by molar-refractivity contribution is 9.08. The van der Waals surface area contributed by atoms with E-state index in [2.05, 4.69) is 21.0 Å². The second-order valence-electron chi connectivity index (χ2n) is 4.59. The van der Waals surface area contributed by atoms with Crippen molar-refractivity contribution in [3.63, 3.8) is 0 Å². The molecule has 3 rings (SSSR count). The highest BCUT2D eigenvalue weighted by Gasteiger charge is 2.31. The molecule has 0 atom stereocenters. The van der Waals surface area contributed by atoms with Crippen molar-refractivity contribution in [2.24, 2.45) is 0 Å². The van der Waals surface area contributed by atoms with Crippen LogP contribution in [0.2, 0.25) is 0 Å². The van der Waals surface area contributed by atoms with Gasteiger partial charge in [-0.05, 0) is 12.8 Å². The summed E-state index contributed by atoms with van der Waals surface area (Å²) in [6.07, 6.45) is 3.65. The molecule has 1 heterocycles. The molecule has 1 aromatic heterocycles. The van der Waals surface area contributed by atoms with Crippen molar-refractivity contribution in [1.29, 1.82) is 0 Å². The van der Waals surface area contributed by atoms with E-state index in [4.69, 9.17) is 0 Å². The number of hydrogen-bond donors (Lipinski definition) is 0. The summed E-state index contributed by atoms with van der Waals surface area (Å²) in [5.74, 6) is -2.76. The molecule has 0 saturated heterocycles. The number of alkyl halides is 1. The van der Waals surface area contributed by atoms with E-state index in [0.29, 0.717) is 17.3 Å². The van der Waals surface area contributed by atoms with Crippen LogP contribution in [0.15, 0.2) is 18.3 Å². The van der Waals surface area contributed by atoms with Crippen molar-refractivity contribution >= 4 is 15.9 Å². The van der Waals surface area contributed by atoms with Crippen LogP contribution in [0.25, 0.3) is 5.69 Å². The summed E-state index contributed by atoms with van der Waals surface area (Å²) in [4.78, 5) is 0. The molecule has 1 saturated carbocycles. The van der Waals surface area contributed by atoms with Gasteiger partial charge in [0.2, 0.25) is 0 Å². The Morgan fingerprint density at radius 1 is 1.16 bits per heavy atom. The van der Waals surface area contributed by atoms with Gasteiger partial charge in [-0.1, -0.05) is 15.9 Å². The Morgan fingerprint density at radius 3 is 2.47 bits per heavy atom. The van der Waals surface area contributed by atoms with Crippen LogP contribution in [0, 0.1) is 17.5 Å². The van der Waals surface area contributed by atoms with Crippen molar-refractivity contribution in [3.05, 3.63) is 47.0 Å². The van der Waals surface area contributed by atoms with Crippen LogP contribution in [0.4, 0.5) is 13.2 Å². The molecule has 6 heteroatoms. The second kappa shape index (κ2) is 4.67. The Bertz CT molecular complexity index is 635. The van der Waals surface area contributed by atoms with Gasteiger partial charge in [0.1, 0.15) is 5.69 Å². The van der Waals surface area contributed by atoms with E-state index in [-0.39, 0.29) is 5.69 Å². The van der Waals surface area contributed by atoms with Gasteiger partial charge in [-0.15, -0.1) is 0 Å². The van der Waals surface area contributed by atoms with E-state index in [1.807, 2.05) is 0 Å². The fourth-order valence-corrected chi connectivity index (χ4v) is 2.59. The third kappa shape index (κ3) is 2.18. The lowest BCUT2D eigenvalue weighted by Gasteiger charge is -2.09. The van der Waals surface area contributed by atoms with Crippen LogP contribution in [-0.2, 0) is 5.33 Å². The normalized spacial score (nSPS) is 14.9. The van der Waals surface area contributed by atoms with E-state index in [0.717, 1.165) is 30.2 Å². The number of benzene rings is 1. The molecule has 1 aromatic carbocycles. The Balaban J connectivity index is 2.17. The molecule has 0 N–H and O–H groups in total. The van der Waals surface area contributed by atoms with E-state index < -0.39 is 17.5 Å². The minimum atomic E-state index is -1.19. The van der Waals surface area contributed by atoms with Gasteiger partial charge in [-0.25, -0.2) is 17.9 Å². The van der Waals surface area contributed by atoms with Gasteiger partial charge in [0.15, 0.2) is 17.5 Å². The SMILES string of the molecule is Fc1cc(F)c(-n2ncc(CBr)c2C2CC2)cc1F. The Morgan fingerprint density at radius 2 is 1.84 bits per heavy atom. The van der Waals surface area contributed by atoms with Gasteiger partial charge in [0, 0.05) is 28.9 Å². The lowest BCUT2D eigenvalue weighted by atomic mass is 10.2. The first kappa shape index (κ1) is 12.7. The van der Waals surface area contributed by atoms with E-state index >= 15 is 0 Å². The van der Waals surface area contributed by atoms with Crippen molar-refractivity contribution in [1.82, 2.24) is 9.78 Å². The maximum Gasteiger partial charge on any atom is 0.161 e. The molecule has 0 bridgehead atoms. The maximum atomic E-state index is 13.8. The minimum Gasteiger partial charge on any atom is -0.234 e. The summed E-state index contributed by atoms with van der Waals surface area (Å²) in [7, 11) is 0. The summed E-state index contributed by atoms with van der Waals surface area (Å²) in [6, 6.07) is 1.40. The lowest BCUT2D eigenvalue weighted by Crippen LogP contribution is -2.06. The second-order valence-corrected chi connectivity index (χ2v) is 5.15. The Hall–Kier alpha value is -1.30. The van der Waals surface area contributed by atoms with Crippen LogP contribution in [-0.4, -0.2) is 9.78 Å². The standard InChI is InChI=1S/C13H10BrF3N2/c14-5-8-6-18-19(13(8)7-1-2-7)12-4-10(16)9(15)3-11(12)17/h3-4,6-7H,1-2,5H2. The first-order chi connectivity index (χ1) is 9.11. The number of nitrogens with zero attached hydrogens (tertiary/aromatic N) is 2. The number of rotatable bonds is 3. The predicted octanol–water partition coefficient (Wildman–Crippen LogP) is 4.06. The summed E-state index contributed by atoms with van der Waals surface area (Å²) in [5.41, 5.74) is 1.78. The fraction of sp³-hybridized carbons (Fsp3) is 0.308.